The second-order valence-electron chi connectivity index (χ2n) is 6.28. The Balaban J connectivity index is 1.87. The first kappa shape index (κ1) is 19.0. The fourth-order valence-electron chi connectivity index (χ4n) is 2.91. The zero-order chi connectivity index (χ0) is 20.4. The van der Waals surface area contributed by atoms with Crippen LogP contribution >= 0.6 is 0 Å². The van der Waals surface area contributed by atoms with Gasteiger partial charge in [0.2, 0.25) is 5.91 Å². The molecule has 1 heterocycles. The minimum Gasteiger partial charge on any atom is -0.508 e. The molecule has 1 amide bonds. The Morgan fingerprint density at radius 2 is 1.71 bits per heavy atom. The van der Waals surface area contributed by atoms with Crippen molar-refractivity contribution in [2.75, 3.05) is 0 Å². The van der Waals surface area contributed by atoms with Gasteiger partial charge in [-0.3, -0.25) is 4.79 Å². The second-order valence-corrected chi connectivity index (χ2v) is 6.28. The molecule has 8 heteroatoms. The molecule has 8 nitrogen and oxygen atoms in total. The van der Waals surface area contributed by atoms with Gasteiger partial charge >= 0.3 is 11.6 Å². The van der Waals surface area contributed by atoms with Crippen molar-refractivity contribution in [1.29, 1.82) is 0 Å². The Morgan fingerprint density at radius 1 is 1.07 bits per heavy atom. The maximum absolute atomic E-state index is 12.4. The molecule has 0 aliphatic rings. The molecule has 0 bridgehead atoms. The lowest BCUT2D eigenvalue weighted by molar-refractivity contribution is -0.142. The largest absolute Gasteiger partial charge is 0.508 e. The van der Waals surface area contributed by atoms with Gasteiger partial charge in [0.25, 0.3) is 0 Å². The van der Waals surface area contributed by atoms with Gasteiger partial charge in [0, 0.05) is 11.5 Å². The van der Waals surface area contributed by atoms with Crippen LogP contribution in [0.5, 0.6) is 11.5 Å². The fraction of sp³-hybridized carbons (Fsp3) is 0.150. The molecule has 0 unspecified atom stereocenters. The molecule has 0 saturated carbocycles. The topological polar surface area (TPSA) is 137 Å². The lowest BCUT2D eigenvalue weighted by Crippen LogP contribution is -2.35. The van der Waals surface area contributed by atoms with Gasteiger partial charge < -0.3 is 25.1 Å². The van der Waals surface area contributed by atoms with Crippen LogP contribution in [0.1, 0.15) is 22.7 Å². The van der Waals surface area contributed by atoms with Crippen LogP contribution in [-0.4, -0.2) is 27.2 Å². The Bertz CT molecular complexity index is 1120. The summed E-state index contributed by atoms with van der Waals surface area (Å²) < 4.78 is 5.17. The number of phenols is 2. The first-order valence-corrected chi connectivity index (χ1v) is 8.32. The molecule has 0 fully saturated rings. The highest BCUT2D eigenvalue weighted by atomic mass is 16.4. The molecule has 0 aliphatic heterocycles. The third-order valence-electron chi connectivity index (χ3n) is 4.39. The summed E-state index contributed by atoms with van der Waals surface area (Å²) in [5.74, 6) is -2.04. The molecule has 0 aliphatic carbocycles. The molecule has 0 radical (unpaired) electrons. The molecule has 144 valence electrons. The fourth-order valence-corrected chi connectivity index (χ4v) is 2.91. The number of carboxylic acid groups (broad SMARTS) is 1. The van der Waals surface area contributed by atoms with E-state index in [2.05, 4.69) is 5.32 Å². The summed E-state index contributed by atoms with van der Waals surface area (Å²) in [7, 11) is 0. The van der Waals surface area contributed by atoms with Crippen molar-refractivity contribution < 1.29 is 29.3 Å². The summed E-state index contributed by atoms with van der Waals surface area (Å²) in [6.45, 7) is 1.65. The molecule has 1 aromatic heterocycles. The smallest absolute Gasteiger partial charge is 0.340 e. The van der Waals surface area contributed by atoms with E-state index in [9.17, 15) is 29.7 Å². The summed E-state index contributed by atoms with van der Waals surface area (Å²) in [5.41, 5.74) is 0.348. The lowest BCUT2D eigenvalue weighted by Gasteiger charge is -2.15. The summed E-state index contributed by atoms with van der Waals surface area (Å²) in [5, 5.41) is 31.2. The van der Waals surface area contributed by atoms with Gasteiger partial charge in [-0.25, -0.2) is 9.59 Å². The highest BCUT2D eigenvalue weighted by Crippen LogP contribution is 2.24. The van der Waals surface area contributed by atoms with Crippen LogP contribution in [0.3, 0.4) is 0 Å². The predicted octanol–water partition coefficient (Wildman–Crippen LogP) is 2.00. The van der Waals surface area contributed by atoms with Crippen molar-refractivity contribution in [3.63, 3.8) is 0 Å². The van der Waals surface area contributed by atoms with Crippen LogP contribution < -0.4 is 10.9 Å². The van der Waals surface area contributed by atoms with Crippen molar-refractivity contribution in [2.24, 2.45) is 0 Å². The van der Waals surface area contributed by atoms with E-state index in [1.807, 2.05) is 0 Å². The number of rotatable bonds is 5. The van der Waals surface area contributed by atoms with Crippen molar-refractivity contribution in [1.82, 2.24) is 5.32 Å². The first-order chi connectivity index (χ1) is 13.3. The summed E-state index contributed by atoms with van der Waals surface area (Å²) in [6.07, 6.45) is -0.368. The minimum absolute atomic E-state index is 0.0327. The SMILES string of the molecule is Cc1c(CC(=O)N[C@H](C(=O)O)c2ccc(O)cc2)c(=O)oc2cc(O)ccc12. The number of hydrogen-bond acceptors (Lipinski definition) is 6. The molecule has 28 heavy (non-hydrogen) atoms. The predicted molar refractivity (Wildman–Crippen MR) is 99.2 cm³/mol. The van der Waals surface area contributed by atoms with Gasteiger partial charge in [-0.05, 0) is 42.3 Å². The standard InChI is InChI=1S/C20H17NO7/c1-10-14-7-6-13(23)8-16(14)28-20(27)15(10)9-17(24)21-18(19(25)26)11-2-4-12(22)5-3-11/h2-8,18,22-23H,9H2,1H3,(H,21,24)(H,25,26)/t18-/m0/s1. The van der Waals surface area contributed by atoms with E-state index >= 15 is 0 Å². The molecule has 3 aromatic rings. The molecule has 0 saturated heterocycles. The second kappa shape index (κ2) is 7.43. The van der Waals surface area contributed by atoms with Gasteiger partial charge in [-0.1, -0.05) is 12.1 Å². The van der Waals surface area contributed by atoms with E-state index in [1.54, 1.807) is 13.0 Å². The zero-order valence-corrected chi connectivity index (χ0v) is 14.8. The number of fused-ring (bicyclic) bond motifs is 1. The minimum atomic E-state index is -1.34. The number of benzene rings is 2. The van der Waals surface area contributed by atoms with Gasteiger partial charge in [0.15, 0.2) is 6.04 Å². The molecular weight excluding hydrogens is 366 g/mol. The van der Waals surface area contributed by atoms with Gasteiger partial charge in [0.1, 0.15) is 17.1 Å². The van der Waals surface area contributed by atoms with Gasteiger partial charge in [-0.15, -0.1) is 0 Å². The third-order valence-corrected chi connectivity index (χ3v) is 4.39. The summed E-state index contributed by atoms with van der Waals surface area (Å²) >= 11 is 0. The van der Waals surface area contributed by atoms with Crippen LogP contribution in [0.2, 0.25) is 0 Å². The number of nitrogens with one attached hydrogen (secondary N) is 1. The van der Waals surface area contributed by atoms with Gasteiger partial charge in [0.05, 0.1) is 12.0 Å². The van der Waals surface area contributed by atoms with Gasteiger partial charge in [-0.2, -0.15) is 0 Å². The quantitative estimate of drug-likeness (QED) is 0.495. The van der Waals surface area contributed by atoms with Crippen LogP contribution in [0, 0.1) is 6.92 Å². The van der Waals surface area contributed by atoms with E-state index in [0.717, 1.165) is 0 Å². The van der Waals surface area contributed by atoms with Crippen LogP contribution in [-0.2, 0) is 16.0 Å². The Kier molecular flexibility index (Phi) is 5.04. The zero-order valence-electron chi connectivity index (χ0n) is 14.8. The van der Waals surface area contributed by atoms with Crippen molar-refractivity contribution in [2.45, 2.75) is 19.4 Å². The van der Waals surface area contributed by atoms with Crippen LogP contribution in [0.15, 0.2) is 51.7 Å². The average Bonchev–Trinajstić information content (AvgIpc) is 2.63. The highest BCUT2D eigenvalue weighted by molar-refractivity contribution is 5.88. The monoisotopic (exact) mass is 383 g/mol. The number of hydrogen-bond donors (Lipinski definition) is 4. The molecule has 0 spiro atoms. The van der Waals surface area contributed by atoms with E-state index in [4.69, 9.17) is 4.42 Å². The van der Waals surface area contributed by atoms with E-state index in [-0.39, 0.29) is 34.6 Å². The Hall–Kier alpha value is -3.81. The normalized spacial score (nSPS) is 11.9. The first-order valence-electron chi connectivity index (χ1n) is 8.32. The number of carbonyl (C=O) groups is 2. The average molecular weight is 383 g/mol. The summed E-state index contributed by atoms with van der Waals surface area (Å²) in [4.78, 5) is 36.2. The molecule has 1 atom stereocenters. The maximum atomic E-state index is 12.4. The number of amides is 1. The highest BCUT2D eigenvalue weighted by Gasteiger charge is 2.23. The molecule has 4 N–H and O–H groups in total. The van der Waals surface area contributed by atoms with Crippen molar-refractivity contribution in [3.8, 4) is 11.5 Å². The molecule has 2 aromatic carbocycles. The van der Waals surface area contributed by atoms with E-state index in [0.29, 0.717) is 10.9 Å². The van der Waals surface area contributed by atoms with Crippen molar-refractivity contribution in [3.05, 3.63) is 69.6 Å². The number of aryl methyl sites for hydroxylation is 1. The number of aliphatic carboxylic acids is 1. The van der Waals surface area contributed by atoms with E-state index in [1.165, 1.54) is 36.4 Å². The maximum Gasteiger partial charge on any atom is 0.340 e. The number of aromatic hydroxyl groups is 2. The third kappa shape index (κ3) is 3.80. The van der Waals surface area contributed by atoms with Crippen LogP contribution in [0.4, 0.5) is 0 Å². The Labute approximate surface area is 158 Å². The number of carbonyl (C=O) groups excluding carboxylic acids is 1. The molecule has 3 rings (SSSR count). The van der Waals surface area contributed by atoms with E-state index < -0.39 is 23.5 Å². The Morgan fingerprint density at radius 3 is 2.36 bits per heavy atom. The van der Waals surface area contributed by atoms with Crippen LogP contribution in [0.25, 0.3) is 11.0 Å². The molecular formula is C20H17NO7. The number of phenolic OH excluding ortho intramolecular Hbond substituents is 2. The summed E-state index contributed by atoms with van der Waals surface area (Å²) in [6, 6.07) is 8.37. The number of carboxylic acids is 1. The lowest BCUT2D eigenvalue weighted by atomic mass is 10.0. The van der Waals surface area contributed by atoms with Crippen molar-refractivity contribution >= 4 is 22.8 Å².